The van der Waals surface area contributed by atoms with Gasteiger partial charge in [-0.15, -0.1) is 0 Å². The van der Waals surface area contributed by atoms with Gasteiger partial charge in [0.15, 0.2) is 23.3 Å². The Morgan fingerprint density at radius 1 is 0.926 bits per heavy atom. The zero-order valence-corrected chi connectivity index (χ0v) is 14.7. The van der Waals surface area contributed by atoms with Crippen LogP contribution in [0, 0.1) is 29.1 Å². The lowest BCUT2D eigenvalue weighted by Gasteiger charge is -2.11. The van der Waals surface area contributed by atoms with Crippen molar-refractivity contribution in [3.05, 3.63) is 71.1 Å². The van der Waals surface area contributed by atoms with E-state index in [-0.39, 0.29) is 0 Å². The zero-order chi connectivity index (χ0) is 20.0. The van der Waals surface area contributed by atoms with Crippen molar-refractivity contribution in [1.29, 1.82) is 0 Å². The van der Waals surface area contributed by atoms with Gasteiger partial charge < -0.3 is 4.90 Å². The normalized spacial score (nSPS) is 12.2. The number of nitrogens with one attached hydrogen (secondary N) is 1. The van der Waals surface area contributed by atoms with Crippen LogP contribution in [-0.4, -0.2) is 31.3 Å². The van der Waals surface area contributed by atoms with E-state index in [9.17, 15) is 22.0 Å². The Kier molecular flexibility index (Phi) is 7.06. The highest BCUT2D eigenvalue weighted by Gasteiger charge is 2.25. The van der Waals surface area contributed by atoms with Gasteiger partial charge in [-0.25, -0.2) is 22.0 Å². The smallest absolute Gasteiger partial charge is 0.200 e. The fraction of sp³-hybridized carbons (Fsp3) is 0.211. The van der Waals surface area contributed by atoms with E-state index in [1.807, 2.05) is 54.8 Å². The molecule has 144 valence electrons. The first-order valence-corrected chi connectivity index (χ1v) is 8.03. The summed E-state index contributed by atoms with van der Waals surface area (Å²) in [5.74, 6) is -10.2. The number of nitrogens with zero attached hydrogens (tertiary/aromatic N) is 2. The van der Waals surface area contributed by atoms with Gasteiger partial charge in [-0.1, -0.05) is 36.4 Å². The average Bonchev–Trinajstić information content (AvgIpc) is 2.66. The van der Waals surface area contributed by atoms with E-state index in [0.717, 1.165) is 5.56 Å². The summed E-state index contributed by atoms with van der Waals surface area (Å²) >= 11 is 0. The quantitative estimate of drug-likeness (QED) is 0.244. The predicted octanol–water partition coefficient (Wildman–Crippen LogP) is 4.82. The summed E-state index contributed by atoms with van der Waals surface area (Å²) < 4.78 is 67.1. The molecule has 2 aromatic carbocycles. The summed E-state index contributed by atoms with van der Waals surface area (Å²) in [7, 11) is 3.66. The summed E-state index contributed by atoms with van der Waals surface area (Å²) in [4.78, 5) is 1.87. The Bertz CT molecular complexity index is 819. The fourth-order valence-corrected chi connectivity index (χ4v) is 2.10. The van der Waals surface area contributed by atoms with E-state index in [1.165, 1.54) is 0 Å². The van der Waals surface area contributed by atoms with Gasteiger partial charge in [0.05, 0.1) is 5.71 Å². The molecule has 0 atom stereocenters. The van der Waals surface area contributed by atoms with Crippen LogP contribution >= 0.6 is 0 Å². The van der Waals surface area contributed by atoms with Crippen molar-refractivity contribution >= 4 is 17.5 Å². The first-order valence-electron chi connectivity index (χ1n) is 8.03. The molecule has 0 saturated carbocycles. The molecule has 3 nitrogen and oxygen atoms in total. The summed E-state index contributed by atoms with van der Waals surface area (Å²) in [5.41, 5.74) is 2.02. The van der Waals surface area contributed by atoms with Crippen LogP contribution in [0.15, 0.2) is 41.5 Å². The summed E-state index contributed by atoms with van der Waals surface area (Å²) in [6.45, 7) is 0.566. The molecule has 0 aliphatic rings. The van der Waals surface area contributed by atoms with E-state index >= 15 is 0 Å². The maximum absolute atomic E-state index is 13.7. The number of anilines is 1. The zero-order valence-electron chi connectivity index (χ0n) is 14.7. The summed E-state index contributed by atoms with van der Waals surface area (Å²) in [6.07, 6.45) is 3.73. The minimum absolute atomic E-state index is 0.372. The highest BCUT2D eigenvalue weighted by molar-refractivity contribution is 5.98. The summed E-state index contributed by atoms with van der Waals surface area (Å²) in [6, 6.07) is 9.21. The van der Waals surface area contributed by atoms with Gasteiger partial charge in [0.25, 0.3) is 0 Å². The van der Waals surface area contributed by atoms with Crippen molar-refractivity contribution in [3.8, 4) is 0 Å². The van der Waals surface area contributed by atoms with Gasteiger partial charge in [0, 0.05) is 13.0 Å². The van der Waals surface area contributed by atoms with Crippen LogP contribution in [0.2, 0.25) is 0 Å². The molecule has 27 heavy (non-hydrogen) atoms. The third-order valence-corrected chi connectivity index (χ3v) is 3.60. The molecule has 0 bridgehead atoms. The Morgan fingerprint density at radius 3 is 2.04 bits per heavy atom. The van der Waals surface area contributed by atoms with E-state index < -0.39 is 34.8 Å². The molecule has 0 saturated heterocycles. The molecule has 8 heteroatoms. The highest BCUT2D eigenvalue weighted by Crippen LogP contribution is 2.27. The first kappa shape index (κ1) is 20.6. The minimum Gasteiger partial charge on any atom is -0.309 e. The van der Waals surface area contributed by atoms with Gasteiger partial charge in [0.1, 0.15) is 5.69 Å². The van der Waals surface area contributed by atoms with Crippen LogP contribution in [0.5, 0.6) is 0 Å². The van der Waals surface area contributed by atoms with Crippen LogP contribution in [0.4, 0.5) is 27.6 Å². The largest absolute Gasteiger partial charge is 0.309 e. The number of halogens is 5. The fourth-order valence-electron chi connectivity index (χ4n) is 2.10. The van der Waals surface area contributed by atoms with E-state index in [0.29, 0.717) is 18.7 Å². The molecule has 0 spiro atoms. The van der Waals surface area contributed by atoms with Crippen molar-refractivity contribution in [1.82, 2.24) is 4.90 Å². The maximum atomic E-state index is 13.7. The van der Waals surface area contributed by atoms with Crippen LogP contribution < -0.4 is 5.43 Å². The number of hydrogen-bond donors (Lipinski definition) is 1. The first-order chi connectivity index (χ1) is 12.8. The topological polar surface area (TPSA) is 27.6 Å². The van der Waals surface area contributed by atoms with Crippen molar-refractivity contribution in [3.63, 3.8) is 0 Å². The van der Waals surface area contributed by atoms with Gasteiger partial charge in [-0.2, -0.15) is 5.10 Å². The second-order valence-corrected chi connectivity index (χ2v) is 5.96. The van der Waals surface area contributed by atoms with Crippen molar-refractivity contribution in [2.45, 2.75) is 6.42 Å². The molecular weight excluding hydrogens is 365 g/mol. The number of hydrogen-bond acceptors (Lipinski definition) is 3. The molecule has 2 rings (SSSR count). The molecule has 0 aromatic heterocycles. The Balaban J connectivity index is 2.31. The van der Waals surface area contributed by atoms with Gasteiger partial charge >= 0.3 is 0 Å². The third kappa shape index (κ3) is 5.37. The van der Waals surface area contributed by atoms with Crippen LogP contribution in [0.3, 0.4) is 0 Å². The van der Waals surface area contributed by atoms with Crippen molar-refractivity contribution in [2.24, 2.45) is 5.10 Å². The molecule has 0 amide bonds. The van der Waals surface area contributed by atoms with Crippen LogP contribution in [0.1, 0.15) is 12.0 Å². The third-order valence-electron chi connectivity index (χ3n) is 3.60. The second-order valence-electron chi connectivity index (χ2n) is 5.96. The molecule has 0 heterocycles. The molecule has 0 fully saturated rings. The van der Waals surface area contributed by atoms with Crippen LogP contribution in [-0.2, 0) is 0 Å². The van der Waals surface area contributed by atoms with Crippen molar-refractivity contribution in [2.75, 3.05) is 26.1 Å². The van der Waals surface area contributed by atoms with Crippen molar-refractivity contribution < 1.29 is 22.0 Å². The monoisotopic (exact) mass is 383 g/mol. The molecule has 0 aliphatic heterocycles. The second kappa shape index (κ2) is 9.27. The lowest BCUT2D eigenvalue weighted by Crippen LogP contribution is -2.16. The Labute approximate surface area is 153 Å². The van der Waals surface area contributed by atoms with Crippen LogP contribution in [0.25, 0.3) is 6.08 Å². The molecular formula is C19H18F5N3. The number of benzene rings is 2. The Morgan fingerprint density at radius 2 is 1.48 bits per heavy atom. The molecule has 0 radical (unpaired) electrons. The predicted molar refractivity (Wildman–Crippen MR) is 95.9 cm³/mol. The SMILES string of the molecule is CN(C)CCC(/C=C/c1ccccc1)=N/Nc1c(F)c(F)c(F)c(F)c1F. The maximum Gasteiger partial charge on any atom is 0.200 e. The molecule has 0 unspecified atom stereocenters. The number of allylic oxidation sites excluding steroid dienone is 1. The standard InChI is InChI=1S/C19H18F5N3/c1-27(2)11-10-13(9-8-12-6-4-3-5-7-12)25-26-19-17(23)15(21)14(20)16(22)18(19)24/h3-9,26H,10-11H2,1-2H3/b9-8+,25-13+. The number of rotatable bonds is 7. The lowest BCUT2D eigenvalue weighted by atomic mass is 10.1. The molecule has 2 aromatic rings. The molecule has 0 aliphatic carbocycles. The highest BCUT2D eigenvalue weighted by atomic mass is 19.2. The van der Waals surface area contributed by atoms with Gasteiger partial charge in [-0.3, -0.25) is 5.43 Å². The Hall–Kier alpha value is -2.74. The minimum atomic E-state index is -2.21. The lowest BCUT2D eigenvalue weighted by molar-refractivity contribution is 0.381. The van der Waals surface area contributed by atoms with Gasteiger partial charge in [0.2, 0.25) is 5.82 Å². The summed E-state index contributed by atoms with van der Waals surface area (Å²) in [5, 5.41) is 3.83. The van der Waals surface area contributed by atoms with E-state index in [4.69, 9.17) is 0 Å². The van der Waals surface area contributed by atoms with Gasteiger partial charge in [-0.05, 0) is 25.7 Å². The molecule has 1 N–H and O–H groups in total. The average molecular weight is 383 g/mol. The number of hydrazone groups is 1. The van der Waals surface area contributed by atoms with E-state index in [2.05, 4.69) is 5.10 Å². The van der Waals surface area contributed by atoms with E-state index in [1.54, 1.807) is 12.2 Å².